The molecular formula is C17H26ClN3O2. The third-order valence-corrected chi connectivity index (χ3v) is 4.21. The highest BCUT2D eigenvalue weighted by molar-refractivity contribution is 5.93. The molecule has 6 heteroatoms. The van der Waals surface area contributed by atoms with Crippen LogP contribution < -0.4 is 10.6 Å². The van der Waals surface area contributed by atoms with Crippen molar-refractivity contribution < 1.29 is 9.59 Å². The van der Waals surface area contributed by atoms with Gasteiger partial charge in [0.1, 0.15) is 0 Å². The van der Waals surface area contributed by atoms with Crippen molar-refractivity contribution in [2.75, 3.05) is 27.2 Å². The van der Waals surface area contributed by atoms with Crippen LogP contribution in [0.1, 0.15) is 35.2 Å². The minimum atomic E-state index is -0.0955. The van der Waals surface area contributed by atoms with E-state index in [2.05, 4.69) is 10.6 Å². The second-order valence-corrected chi connectivity index (χ2v) is 5.92. The zero-order chi connectivity index (χ0) is 15.9. The van der Waals surface area contributed by atoms with Crippen molar-refractivity contribution in [2.45, 2.75) is 25.8 Å². The van der Waals surface area contributed by atoms with Gasteiger partial charge in [0.15, 0.2) is 0 Å². The number of hydrogen-bond acceptors (Lipinski definition) is 3. The molecule has 2 N–H and O–H groups in total. The van der Waals surface area contributed by atoms with Crippen LogP contribution in [0.2, 0.25) is 0 Å². The molecule has 128 valence electrons. The summed E-state index contributed by atoms with van der Waals surface area (Å²) in [5.74, 6) is 0.607. The van der Waals surface area contributed by atoms with Crippen LogP contribution in [0.15, 0.2) is 24.3 Å². The SMILES string of the molecule is CNC(=O)c1ccc(CN(C)C(=O)CC2CCNCC2)cc1.Cl. The standard InChI is InChI=1S/C17H25N3O2.ClH/c1-18-17(22)15-5-3-14(4-6-15)12-20(2)16(21)11-13-7-9-19-10-8-13;/h3-6,13,19H,7-12H2,1-2H3,(H,18,22);1H. The van der Waals surface area contributed by atoms with E-state index in [1.54, 1.807) is 24.1 Å². The highest BCUT2D eigenvalue weighted by Gasteiger charge is 2.19. The second kappa shape index (κ2) is 9.53. The Morgan fingerprint density at radius 2 is 1.83 bits per heavy atom. The van der Waals surface area contributed by atoms with Crippen LogP contribution in [0.4, 0.5) is 0 Å². The number of hydrogen-bond donors (Lipinski definition) is 2. The summed E-state index contributed by atoms with van der Waals surface area (Å²) in [5.41, 5.74) is 1.67. The summed E-state index contributed by atoms with van der Waals surface area (Å²) in [6.07, 6.45) is 2.80. The molecule has 1 aromatic rings. The van der Waals surface area contributed by atoms with Gasteiger partial charge in [-0.15, -0.1) is 12.4 Å². The third kappa shape index (κ3) is 5.84. The molecule has 0 saturated carbocycles. The van der Waals surface area contributed by atoms with Gasteiger partial charge in [-0.3, -0.25) is 9.59 Å². The largest absolute Gasteiger partial charge is 0.355 e. The Morgan fingerprint density at radius 1 is 1.22 bits per heavy atom. The van der Waals surface area contributed by atoms with Crippen LogP contribution in [0.5, 0.6) is 0 Å². The number of nitrogens with one attached hydrogen (secondary N) is 2. The first-order valence-electron chi connectivity index (χ1n) is 7.86. The molecular weight excluding hydrogens is 314 g/mol. The Bertz CT molecular complexity index is 513. The van der Waals surface area contributed by atoms with E-state index in [0.717, 1.165) is 31.5 Å². The van der Waals surface area contributed by atoms with Crippen molar-refractivity contribution in [1.82, 2.24) is 15.5 Å². The van der Waals surface area contributed by atoms with Gasteiger partial charge in [0.2, 0.25) is 5.91 Å². The van der Waals surface area contributed by atoms with Gasteiger partial charge in [0.25, 0.3) is 5.91 Å². The van der Waals surface area contributed by atoms with Crippen molar-refractivity contribution in [3.05, 3.63) is 35.4 Å². The van der Waals surface area contributed by atoms with Crippen LogP contribution in [0.3, 0.4) is 0 Å². The molecule has 23 heavy (non-hydrogen) atoms. The van der Waals surface area contributed by atoms with Crippen molar-refractivity contribution in [1.29, 1.82) is 0 Å². The number of amides is 2. The predicted molar refractivity (Wildman–Crippen MR) is 93.8 cm³/mol. The van der Waals surface area contributed by atoms with Crippen LogP contribution in [-0.4, -0.2) is 43.9 Å². The molecule has 1 aliphatic heterocycles. The molecule has 0 aliphatic carbocycles. The van der Waals surface area contributed by atoms with E-state index in [1.807, 2.05) is 19.2 Å². The Kier molecular flexibility index (Phi) is 8.06. The van der Waals surface area contributed by atoms with Crippen molar-refractivity contribution in [3.63, 3.8) is 0 Å². The molecule has 1 saturated heterocycles. The quantitative estimate of drug-likeness (QED) is 0.860. The average molecular weight is 340 g/mol. The zero-order valence-electron chi connectivity index (χ0n) is 13.8. The van der Waals surface area contributed by atoms with Crippen LogP contribution in [-0.2, 0) is 11.3 Å². The molecule has 0 unspecified atom stereocenters. The van der Waals surface area contributed by atoms with E-state index in [-0.39, 0.29) is 24.2 Å². The fraction of sp³-hybridized carbons (Fsp3) is 0.529. The van der Waals surface area contributed by atoms with Crippen LogP contribution >= 0.6 is 12.4 Å². The normalized spacial score (nSPS) is 14.7. The summed E-state index contributed by atoms with van der Waals surface area (Å²) in [7, 11) is 3.46. The first-order chi connectivity index (χ1) is 10.6. The maximum atomic E-state index is 12.3. The van der Waals surface area contributed by atoms with Gasteiger partial charge in [-0.05, 0) is 49.5 Å². The molecule has 1 aromatic carbocycles. The second-order valence-electron chi connectivity index (χ2n) is 5.92. The van der Waals surface area contributed by atoms with E-state index < -0.39 is 0 Å². The molecule has 0 radical (unpaired) electrons. The van der Waals surface area contributed by atoms with Crippen molar-refractivity contribution in [2.24, 2.45) is 5.92 Å². The lowest BCUT2D eigenvalue weighted by molar-refractivity contribution is -0.131. The summed E-state index contributed by atoms with van der Waals surface area (Å²) >= 11 is 0. The van der Waals surface area contributed by atoms with Gasteiger partial charge in [0, 0.05) is 32.6 Å². The van der Waals surface area contributed by atoms with E-state index >= 15 is 0 Å². The first-order valence-corrected chi connectivity index (χ1v) is 7.86. The molecule has 0 atom stereocenters. The topological polar surface area (TPSA) is 61.4 Å². The molecule has 1 fully saturated rings. The number of rotatable bonds is 5. The maximum Gasteiger partial charge on any atom is 0.251 e. The van der Waals surface area contributed by atoms with E-state index in [9.17, 15) is 9.59 Å². The Hall–Kier alpha value is -1.59. The van der Waals surface area contributed by atoms with Crippen molar-refractivity contribution >= 4 is 24.2 Å². The number of halogens is 1. The summed E-state index contributed by atoms with van der Waals surface area (Å²) in [6, 6.07) is 7.39. The lowest BCUT2D eigenvalue weighted by atomic mass is 9.94. The smallest absolute Gasteiger partial charge is 0.251 e. The van der Waals surface area contributed by atoms with Crippen molar-refractivity contribution in [3.8, 4) is 0 Å². The molecule has 1 aliphatic rings. The maximum absolute atomic E-state index is 12.3. The lowest BCUT2D eigenvalue weighted by Crippen LogP contribution is -2.33. The number of carbonyl (C=O) groups excluding carboxylic acids is 2. The van der Waals surface area contributed by atoms with E-state index in [1.165, 1.54) is 0 Å². The van der Waals surface area contributed by atoms with Crippen LogP contribution in [0, 0.1) is 5.92 Å². The monoisotopic (exact) mass is 339 g/mol. The molecule has 1 heterocycles. The van der Waals surface area contributed by atoms with Gasteiger partial charge in [-0.1, -0.05) is 12.1 Å². The molecule has 0 bridgehead atoms. The zero-order valence-corrected chi connectivity index (χ0v) is 14.6. The summed E-state index contributed by atoms with van der Waals surface area (Å²) in [4.78, 5) is 25.5. The minimum Gasteiger partial charge on any atom is -0.355 e. The molecule has 0 aromatic heterocycles. The fourth-order valence-electron chi connectivity index (χ4n) is 2.76. The van der Waals surface area contributed by atoms with Gasteiger partial charge < -0.3 is 15.5 Å². The summed E-state index contributed by atoms with van der Waals surface area (Å²) in [6.45, 7) is 2.61. The minimum absolute atomic E-state index is 0. The van der Waals surface area contributed by atoms with Gasteiger partial charge in [0.05, 0.1) is 0 Å². The molecule has 2 rings (SSSR count). The Labute approximate surface area is 144 Å². The molecule has 0 spiro atoms. The Balaban J connectivity index is 0.00000264. The molecule has 2 amide bonds. The van der Waals surface area contributed by atoms with Gasteiger partial charge >= 0.3 is 0 Å². The highest BCUT2D eigenvalue weighted by Crippen LogP contribution is 2.17. The summed E-state index contributed by atoms with van der Waals surface area (Å²) < 4.78 is 0. The number of nitrogens with zero attached hydrogens (tertiary/aromatic N) is 1. The number of carbonyl (C=O) groups is 2. The average Bonchev–Trinajstić information content (AvgIpc) is 2.55. The highest BCUT2D eigenvalue weighted by atomic mass is 35.5. The fourth-order valence-corrected chi connectivity index (χ4v) is 2.76. The van der Waals surface area contributed by atoms with E-state index in [4.69, 9.17) is 0 Å². The van der Waals surface area contributed by atoms with E-state index in [0.29, 0.717) is 24.4 Å². The van der Waals surface area contributed by atoms with Crippen LogP contribution in [0.25, 0.3) is 0 Å². The summed E-state index contributed by atoms with van der Waals surface area (Å²) in [5, 5.41) is 5.92. The van der Waals surface area contributed by atoms with Gasteiger partial charge in [-0.25, -0.2) is 0 Å². The van der Waals surface area contributed by atoms with Gasteiger partial charge in [-0.2, -0.15) is 0 Å². The number of benzene rings is 1. The molecule has 5 nitrogen and oxygen atoms in total. The lowest BCUT2D eigenvalue weighted by Gasteiger charge is -2.25. The third-order valence-electron chi connectivity index (χ3n) is 4.21. The number of piperidine rings is 1. The Morgan fingerprint density at radius 3 is 2.39 bits per heavy atom. The first kappa shape index (κ1) is 19.5. The predicted octanol–water partition coefficient (Wildman–Crippen LogP) is 1.82.